The van der Waals surface area contributed by atoms with Crippen LogP contribution in [0.25, 0.3) is 22.6 Å². The Morgan fingerprint density at radius 3 is 2.30 bits per heavy atom. The summed E-state index contributed by atoms with van der Waals surface area (Å²) in [4.78, 5) is 55.1. The topological polar surface area (TPSA) is 214 Å². The standard InChI is InChI=1S/C17H21N4O9P.2Na/c1-7-3-9-10(4-8(7)2)21(15-13(18-9)16(25)20-17(26)19-15)5-11(22)14(24)12(23)6-30-31(27,28)29;;/h3-4,11-12,14,22-24H,5-6H2,1-2H3,(H,20,25,26)(H2,27,28,29);;/q;2*+1/p-2/t11-,12+,14-;;/m0../s1. The van der Waals surface area contributed by atoms with Crippen molar-refractivity contribution in [1.82, 2.24) is 19.5 Å². The number of rotatable bonds is 7. The van der Waals surface area contributed by atoms with E-state index in [4.69, 9.17) is 0 Å². The first kappa shape index (κ1) is 30.5. The van der Waals surface area contributed by atoms with Gasteiger partial charge in [-0.3, -0.25) is 9.78 Å². The van der Waals surface area contributed by atoms with E-state index in [1.165, 1.54) is 4.57 Å². The van der Waals surface area contributed by atoms with Gasteiger partial charge in [0.05, 0.1) is 32.0 Å². The third-order valence-corrected chi connectivity index (χ3v) is 5.25. The second-order valence-corrected chi connectivity index (χ2v) is 8.21. The third kappa shape index (κ3) is 7.24. The summed E-state index contributed by atoms with van der Waals surface area (Å²) in [7, 11) is -5.39. The maximum Gasteiger partial charge on any atom is 1.00 e. The number of aromatic amines is 1. The van der Waals surface area contributed by atoms with E-state index in [0.717, 1.165) is 11.1 Å². The number of benzene rings is 1. The van der Waals surface area contributed by atoms with E-state index in [0.29, 0.717) is 11.0 Å². The van der Waals surface area contributed by atoms with Crippen LogP contribution in [0.5, 0.6) is 0 Å². The molecule has 13 nitrogen and oxygen atoms in total. The zero-order chi connectivity index (χ0) is 23.1. The van der Waals surface area contributed by atoms with Crippen molar-refractivity contribution in [1.29, 1.82) is 0 Å². The summed E-state index contributed by atoms with van der Waals surface area (Å²) in [5.41, 5.74) is 0.512. The van der Waals surface area contributed by atoms with Gasteiger partial charge in [0.1, 0.15) is 18.3 Å². The summed E-state index contributed by atoms with van der Waals surface area (Å²) in [6.07, 6.45) is -5.58. The number of nitrogens with zero attached hydrogens (tertiary/aromatic N) is 3. The molecule has 2 aliphatic heterocycles. The normalized spacial score (nSPS) is 14.4. The molecule has 0 unspecified atom stereocenters. The number of phosphoric ester groups is 1. The Hall–Kier alpha value is -0.510. The average molecular weight is 500 g/mol. The second kappa shape index (κ2) is 12.0. The van der Waals surface area contributed by atoms with Crippen molar-refractivity contribution in [2.75, 3.05) is 6.61 Å². The molecule has 0 aromatic heterocycles. The van der Waals surface area contributed by atoms with Gasteiger partial charge in [0.2, 0.25) is 0 Å². The van der Waals surface area contributed by atoms with Crippen molar-refractivity contribution >= 4 is 18.9 Å². The first-order valence-corrected chi connectivity index (χ1v) is 10.5. The van der Waals surface area contributed by atoms with Crippen molar-refractivity contribution in [3.8, 4) is 11.5 Å². The van der Waals surface area contributed by atoms with Crippen molar-refractivity contribution in [3.63, 3.8) is 0 Å². The maximum atomic E-state index is 12.2. The van der Waals surface area contributed by atoms with E-state index in [2.05, 4.69) is 14.5 Å². The largest absolute Gasteiger partial charge is 1.00 e. The van der Waals surface area contributed by atoms with Gasteiger partial charge in [-0.2, -0.15) is 4.98 Å². The van der Waals surface area contributed by atoms with Gasteiger partial charge in [-0.25, -0.2) is 9.78 Å². The minimum atomic E-state index is -5.39. The summed E-state index contributed by atoms with van der Waals surface area (Å²) < 4.78 is 15.8. The van der Waals surface area contributed by atoms with Crippen LogP contribution in [0.3, 0.4) is 0 Å². The van der Waals surface area contributed by atoms with Gasteiger partial charge < -0.3 is 38.8 Å². The predicted molar refractivity (Wildman–Crippen MR) is 102 cm³/mol. The van der Waals surface area contributed by atoms with Crippen LogP contribution in [0, 0.1) is 13.8 Å². The monoisotopic (exact) mass is 500 g/mol. The first-order chi connectivity index (χ1) is 14.4. The minimum Gasteiger partial charge on any atom is -0.790 e. The Kier molecular flexibility index (Phi) is 11.1. The fourth-order valence-corrected chi connectivity index (χ4v) is 3.39. The Morgan fingerprint density at radius 2 is 1.70 bits per heavy atom. The molecule has 0 aliphatic carbocycles. The number of aryl methyl sites for hydroxylation is 2. The zero-order valence-corrected chi connectivity index (χ0v) is 23.3. The van der Waals surface area contributed by atoms with Gasteiger partial charge in [-0.1, -0.05) is 0 Å². The van der Waals surface area contributed by atoms with E-state index in [1.54, 1.807) is 12.1 Å². The van der Waals surface area contributed by atoms with Crippen LogP contribution in [-0.4, -0.2) is 59.8 Å². The Morgan fingerprint density at radius 1 is 1.09 bits per heavy atom. The van der Waals surface area contributed by atoms with Gasteiger partial charge >= 0.3 is 64.8 Å². The van der Waals surface area contributed by atoms with E-state index in [1.807, 2.05) is 18.8 Å². The molecular weight excluding hydrogens is 481 g/mol. The average Bonchev–Trinajstić information content (AvgIpc) is 2.67. The smallest absolute Gasteiger partial charge is 0.790 e. The number of fused-ring (bicyclic) bond motifs is 2. The van der Waals surface area contributed by atoms with E-state index < -0.39 is 50.5 Å². The van der Waals surface area contributed by atoms with Crippen molar-refractivity contribution in [3.05, 3.63) is 44.1 Å². The molecule has 4 N–H and O–H groups in total. The molecule has 33 heavy (non-hydrogen) atoms. The molecule has 2 heterocycles. The molecule has 2 aliphatic rings. The molecule has 0 saturated heterocycles. The maximum absolute atomic E-state index is 12.2. The van der Waals surface area contributed by atoms with Gasteiger partial charge in [0, 0.05) is 0 Å². The molecule has 0 fully saturated rings. The molecule has 0 amide bonds. The molecule has 0 bridgehead atoms. The van der Waals surface area contributed by atoms with Crippen LogP contribution < -0.4 is 80.2 Å². The van der Waals surface area contributed by atoms with Crippen LogP contribution in [0.1, 0.15) is 11.1 Å². The molecule has 1 aromatic rings. The molecule has 3 rings (SSSR count). The van der Waals surface area contributed by atoms with Crippen molar-refractivity contribution in [2.24, 2.45) is 0 Å². The van der Waals surface area contributed by atoms with Crippen LogP contribution in [0.15, 0.2) is 21.7 Å². The summed E-state index contributed by atoms with van der Waals surface area (Å²) in [5.74, 6) is -0.162. The fourth-order valence-electron chi connectivity index (χ4n) is 3.05. The molecule has 16 heteroatoms. The Bertz CT molecular complexity index is 1260. The Balaban J connectivity index is 0.00000272. The molecule has 0 saturated carbocycles. The van der Waals surface area contributed by atoms with E-state index >= 15 is 0 Å². The van der Waals surface area contributed by atoms with Crippen LogP contribution >= 0.6 is 7.82 Å². The number of aliphatic hydroxyl groups is 3. The van der Waals surface area contributed by atoms with Gasteiger partial charge in [-0.05, 0) is 37.1 Å². The van der Waals surface area contributed by atoms with Crippen LogP contribution in [0.2, 0.25) is 0 Å². The number of hydrogen-bond donors (Lipinski definition) is 4. The molecule has 0 spiro atoms. The molecular formula is C17H19N4Na2O9P. The number of hydrogen-bond acceptors (Lipinski definition) is 11. The second-order valence-electron chi connectivity index (χ2n) is 7.06. The first-order valence-electron chi connectivity index (χ1n) is 9.00. The van der Waals surface area contributed by atoms with Gasteiger partial charge in [-0.15, -0.1) is 0 Å². The SMILES string of the molecule is Cc1cc2nc3c(=O)[nH]c(=O)nc-3n(C[C@H](O)[C@H](O)[C@H](O)COP(=O)([O-])[O-])c2cc1C.[Na+].[Na+]. The Labute approximate surface area is 231 Å². The van der Waals surface area contributed by atoms with Crippen LogP contribution in [0.4, 0.5) is 0 Å². The molecule has 168 valence electrons. The van der Waals surface area contributed by atoms with Gasteiger partial charge in [0.15, 0.2) is 11.5 Å². The summed E-state index contributed by atoms with van der Waals surface area (Å²) in [6.45, 7) is 2.11. The van der Waals surface area contributed by atoms with E-state index in [9.17, 15) is 39.3 Å². The van der Waals surface area contributed by atoms with Crippen molar-refractivity contribution < 1.29 is 93.3 Å². The summed E-state index contributed by atoms with van der Waals surface area (Å²) in [6, 6.07) is 3.38. The van der Waals surface area contributed by atoms with Crippen molar-refractivity contribution in [2.45, 2.75) is 38.7 Å². The number of aromatic nitrogens is 4. The van der Waals surface area contributed by atoms with Gasteiger partial charge in [0.25, 0.3) is 5.56 Å². The van der Waals surface area contributed by atoms with E-state index in [-0.39, 0.29) is 70.6 Å². The number of nitrogens with one attached hydrogen (secondary N) is 1. The summed E-state index contributed by atoms with van der Waals surface area (Å²) >= 11 is 0. The summed E-state index contributed by atoms with van der Waals surface area (Å²) in [5, 5.41) is 30.4. The van der Waals surface area contributed by atoms with Crippen LogP contribution in [-0.2, 0) is 15.6 Å². The predicted octanol–water partition coefficient (Wildman–Crippen LogP) is -8.86. The number of aliphatic hydroxyl groups excluding tert-OH is 3. The molecule has 0 radical (unpaired) electrons. The number of phosphoric acid groups is 1. The third-order valence-electron chi connectivity index (χ3n) is 4.79. The quantitative estimate of drug-likeness (QED) is 0.136. The number of H-pyrrole nitrogens is 1. The zero-order valence-electron chi connectivity index (χ0n) is 18.4. The minimum absolute atomic E-state index is 0. The molecule has 1 aromatic carbocycles. The molecule has 3 atom stereocenters. The fraction of sp³-hybridized carbons (Fsp3) is 0.412.